The molecule has 0 bridgehead atoms. The van der Waals surface area contributed by atoms with E-state index < -0.39 is 0 Å². The van der Waals surface area contributed by atoms with Crippen molar-refractivity contribution in [1.82, 2.24) is 25.1 Å². The van der Waals surface area contributed by atoms with Gasteiger partial charge in [0, 0.05) is 37.4 Å². The Hall–Kier alpha value is -2.13. The Morgan fingerprint density at radius 3 is 2.77 bits per heavy atom. The summed E-state index contributed by atoms with van der Waals surface area (Å²) in [6, 6.07) is 0. The number of hydrogen-bond acceptors (Lipinski definition) is 8. The molecule has 138 valence electrons. The van der Waals surface area contributed by atoms with Crippen LogP contribution in [0.25, 0.3) is 0 Å². The van der Waals surface area contributed by atoms with E-state index in [1.54, 1.807) is 5.51 Å². The molecule has 2 aliphatic rings. The molecule has 0 atom stereocenters. The molecule has 26 heavy (non-hydrogen) atoms. The molecule has 2 aromatic heterocycles. The van der Waals surface area contributed by atoms with Gasteiger partial charge in [-0.15, -0.1) is 10.2 Å². The molecule has 1 fully saturated rings. The fourth-order valence-corrected chi connectivity index (χ4v) is 4.12. The molecule has 1 N–H and O–H groups in total. The third-order valence-electron chi connectivity index (χ3n) is 4.92. The molecule has 3 heterocycles. The quantitative estimate of drug-likeness (QED) is 0.864. The Kier molecular flexibility index (Phi) is 5.07. The maximum atomic E-state index is 12.1. The van der Waals surface area contributed by atoms with Crippen molar-refractivity contribution in [3.05, 3.63) is 22.6 Å². The summed E-state index contributed by atoms with van der Waals surface area (Å²) in [4.78, 5) is 26.0. The van der Waals surface area contributed by atoms with Gasteiger partial charge < -0.3 is 4.90 Å². The minimum atomic E-state index is -0.0366. The van der Waals surface area contributed by atoms with Crippen molar-refractivity contribution in [2.24, 2.45) is 0 Å². The molecule has 1 saturated heterocycles. The van der Waals surface area contributed by atoms with Gasteiger partial charge >= 0.3 is 0 Å². The summed E-state index contributed by atoms with van der Waals surface area (Å²) in [5.74, 6) is 1.94. The van der Waals surface area contributed by atoms with E-state index in [-0.39, 0.29) is 5.91 Å². The lowest BCUT2D eigenvalue weighted by Crippen LogP contribution is -2.49. The van der Waals surface area contributed by atoms with E-state index in [0.29, 0.717) is 11.7 Å². The predicted octanol–water partition coefficient (Wildman–Crippen LogP) is 1.28. The normalized spacial score (nSPS) is 17.8. The topological polar surface area (TPSA) is 87.1 Å². The average molecular weight is 373 g/mol. The third-order valence-corrected chi connectivity index (χ3v) is 5.53. The zero-order valence-electron chi connectivity index (χ0n) is 14.9. The molecule has 0 radical (unpaired) electrons. The van der Waals surface area contributed by atoms with Crippen LogP contribution < -0.4 is 10.2 Å². The molecule has 0 spiro atoms. The van der Waals surface area contributed by atoms with Gasteiger partial charge in [-0.1, -0.05) is 11.3 Å². The Morgan fingerprint density at radius 2 is 2.00 bits per heavy atom. The number of hydrogen-bond donors (Lipinski definition) is 1. The van der Waals surface area contributed by atoms with Gasteiger partial charge in [-0.05, 0) is 32.6 Å². The van der Waals surface area contributed by atoms with Crippen molar-refractivity contribution in [3.8, 4) is 0 Å². The first-order chi connectivity index (χ1) is 12.7. The molecule has 1 amide bonds. The van der Waals surface area contributed by atoms with Crippen LogP contribution in [0.2, 0.25) is 0 Å². The molecule has 2 aromatic rings. The van der Waals surface area contributed by atoms with Crippen molar-refractivity contribution in [2.45, 2.75) is 32.6 Å². The van der Waals surface area contributed by atoms with Crippen LogP contribution in [0.3, 0.4) is 0 Å². The van der Waals surface area contributed by atoms with Crippen LogP contribution in [-0.4, -0.2) is 63.7 Å². The van der Waals surface area contributed by atoms with E-state index in [9.17, 15) is 4.79 Å². The number of piperazine rings is 1. The van der Waals surface area contributed by atoms with Gasteiger partial charge in [0.1, 0.15) is 17.2 Å². The molecule has 9 heteroatoms. The number of nitrogens with one attached hydrogen (secondary N) is 1. The molecule has 0 unspecified atom stereocenters. The van der Waals surface area contributed by atoms with Gasteiger partial charge in [0.25, 0.3) is 0 Å². The van der Waals surface area contributed by atoms with E-state index in [0.717, 1.165) is 50.7 Å². The number of rotatable bonds is 4. The zero-order valence-corrected chi connectivity index (χ0v) is 15.8. The zero-order chi connectivity index (χ0) is 17.9. The summed E-state index contributed by atoms with van der Waals surface area (Å²) < 4.78 is 0. The van der Waals surface area contributed by atoms with Crippen molar-refractivity contribution in [3.63, 3.8) is 0 Å². The van der Waals surface area contributed by atoms with E-state index in [1.165, 1.54) is 35.4 Å². The van der Waals surface area contributed by atoms with Gasteiger partial charge in [0.15, 0.2) is 0 Å². The Bertz CT molecular complexity index is 772. The molecule has 1 aliphatic heterocycles. The minimum absolute atomic E-state index is 0.0366. The number of fused-ring (bicyclic) bond motifs is 1. The summed E-state index contributed by atoms with van der Waals surface area (Å²) >= 11 is 1.33. The lowest BCUT2D eigenvalue weighted by atomic mass is 9.96. The van der Waals surface area contributed by atoms with Crippen LogP contribution in [0.1, 0.15) is 29.9 Å². The minimum Gasteiger partial charge on any atom is -0.354 e. The maximum absolute atomic E-state index is 12.1. The monoisotopic (exact) mass is 373 g/mol. The van der Waals surface area contributed by atoms with Crippen molar-refractivity contribution in [1.29, 1.82) is 0 Å². The highest BCUT2D eigenvalue weighted by Gasteiger charge is 2.25. The third kappa shape index (κ3) is 3.83. The first-order valence-corrected chi connectivity index (χ1v) is 9.97. The highest BCUT2D eigenvalue weighted by Crippen LogP contribution is 2.28. The molecule has 0 saturated carbocycles. The van der Waals surface area contributed by atoms with E-state index in [4.69, 9.17) is 4.98 Å². The summed E-state index contributed by atoms with van der Waals surface area (Å²) in [5, 5.41) is 10.9. The lowest BCUT2D eigenvalue weighted by Gasteiger charge is -2.36. The molecule has 4 rings (SSSR count). The smallest absolute Gasteiger partial charge is 0.240 e. The first-order valence-electron chi connectivity index (χ1n) is 9.09. The second-order valence-electron chi connectivity index (χ2n) is 6.78. The fraction of sp³-hybridized carbons (Fsp3) is 0.588. The van der Waals surface area contributed by atoms with Crippen LogP contribution in [0.4, 0.5) is 10.9 Å². The Labute approximate surface area is 156 Å². The standard InChI is InChI=1S/C17H23N7OS/c1-12-19-14-5-3-2-4-13(14)16(20-12)24-8-6-23(7-9-24)10-15(25)21-17-22-18-11-26-17/h11H,2-10H2,1H3,(H,21,22,25). The highest BCUT2D eigenvalue weighted by atomic mass is 32.1. The molecule has 1 aliphatic carbocycles. The van der Waals surface area contributed by atoms with Gasteiger partial charge in [-0.25, -0.2) is 9.97 Å². The van der Waals surface area contributed by atoms with E-state index in [2.05, 4.69) is 30.3 Å². The number of carbonyl (C=O) groups excluding carboxylic acids is 1. The number of amides is 1. The van der Waals surface area contributed by atoms with Crippen molar-refractivity contribution >= 4 is 28.2 Å². The maximum Gasteiger partial charge on any atom is 0.240 e. The van der Waals surface area contributed by atoms with Gasteiger partial charge in [0.2, 0.25) is 11.0 Å². The number of nitrogens with zero attached hydrogens (tertiary/aromatic N) is 6. The SMILES string of the molecule is Cc1nc2c(c(N3CCN(CC(=O)Nc4nncs4)CC3)n1)CCCC2. The molecule has 0 aromatic carbocycles. The fourth-order valence-electron chi connectivity index (χ4n) is 3.66. The number of carbonyl (C=O) groups is 1. The summed E-state index contributed by atoms with van der Waals surface area (Å²) in [6.07, 6.45) is 4.59. The second-order valence-corrected chi connectivity index (χ2v) is 7.62. The van der Waals surface area contributed by atoms with Gasteiger partial charge in [0.05, 0.1) is 6.54 Å². The Balaban J connectivity index is 1.36. The number of aromatic nitrogens is 4. The highest BCUT2D eigenvalue weighted by molar-refractivity contribution is 7.13. The predicted molar refractivity (Wildman–Crippen MR) is 101 cm³/mol. The van der Waals surface area contributed by atoms with Gasteiger partial charge in [-0.2, -0.15) is 0 Å². The van der Waals surface area contributed by atoms with Crippen LogP contribution in [0.15, 0.2) is 5.51 Å². The van der Waals surface area contributed by atoms with Crippen molar-refractivity contribution < 1.29 is 4.79 Å². The Morgan fingerprint density at radius 1 is 1.19 bits per heavy atom. The number of aryl methyl sites for hydroxylation is 2. The van der Waals surface area contributed by atoms with E-state index in [1.807, 2.05) is 6.92 Å². The van der Waals surface area contributed by atoms with Crippen LogP contribution in [0.5, 0.6) is 0 Å². The molecular formula is C17H23N7OS. The van der Waals surface area contributed by atoms with Crippen LogP contribution in [-0.2, 0) is 17.6 Å². The lowest BCUT2D eigenvalue weighted by molar-refractivity contribution is -0.117. The molecular weight excluding hydrogens is 350 g/mol. The molecule has 8 nitrogen and oxygen atoms in total. The summed E-state index contributed by atoms with van der Waals surface area (Å²) in [7, 11) is 0. The van der Waals surface area contributed by atoms with Crippen molar-refractivity contribution in [2.75, 3.05) is 42.9 Å². The van der Waals surface area contributed by atoms with Crippen LogP contribution >= 0.6 is 11.3 Å². The van der Waals surface area contributed by atoms with Gasteiger partial charge in [-0.3, -0.25) is 15.0 Å². The second kappa shape index (κ2) is 7.63. The largest absolute Gasteiger partial charge is 0.354 e. The first kappa shape index (κ1) is 17.3. The number of anilines is 2. The summed E-state index contributed by atoms with van der Waals surface area (Å²) in [5.41, 5.74) is 4.18. The average Bonchev–Trinajstić information content (AvgIpc) is 3.14. The van der Waals surface area contributed by atoms with E-state index >= 15 is 0 Å². The summed E-state index contributed by atoms with van der Waals surface area (Å²) in [6.45, 7) is 5.83. The van der Waals surface area contributed by atoms with Crippen LogP contribution in [0, 0.1) is 6.92 Å².